The van der Waals surface area contributed by atoms with Crippen molar-refractivity contribution in [3.05, 3.63) is 35.6 Å². The van der Waals surface area contributed by atoms with Gasteiger partial charge in [-0.25, -0.2) is 9.18 Å². The zero-order valence-electron chi connectivity index (χ0n) is 10.7. The third kappa shape index (κ3) is 2.70. The highest BCUT2D eigenvalue weighted by atomic mass is 19.1. The molecule has 0 fully saturated rings. The van der Waals surface area contributed by atoms with Crippen molar-refractivity contribution in [3.8, 4) is 0 Å². The van der Waals surface area contributed by atoms with Gasteiger partial charge in [0.05, 0.1) is 0 Å². The molecule has 0 aliphatic heterocycles. The van der Waals surface area contributed by atoms with Gasteiger partial charge in [-0.1, -0.05) is 38.5 Å². The molecule has 3 nitrogen and oxygen atoms in total. The number of carboxylic acids is 1. The van der Waals surface area contributed by atoms with Crippen molar-refractivity contribution in [1.29, 1.82) is 0 Å². The molecular formula is C14H19FO3. The average Bonchev–Trinajstić information content (AvgIpc) is 2.32. The second kappa shape index (κ2) is 5.96. The monoisotopic (exact) mass is 254 g/mol. The summed E-state index contributed by atoms with van der Waals surface area (Å²) in [5.41, 5.74) is -1.65. The number of hydrogen-bond acceptors (Lipinski definition) is 2. The molecule has 0 bridgehead atoms. The Bertz CT molecular complexity index is 419. The number of halogens is 1. The molecule has 0 aliphatic carbocycles. The lowest BCUT2D eigenvalue weighted by molar-refractivity contribution is -0.162. The number of aliphatic hydroxyl groups is 1. The molecule has 0 radical (unpaired) electrons. The molecule has 0 heterocycles. The van der Waals surface area contributed by atoms with Crippen LogP contribution >= 0.6 is 0 Å². The zero-order chi connectivity index (χ0) is 13.8. The van der Waals surface area contributed by atoms with E-state index in [-0.39, 0.29) is 12.0 Å². The Balaban J connectivity index is 3.23. The quantitative estimate of drug-likeness (QED) is 0.820. The maximum atomic E-state index is 13.8. The second-order valence-electron chi connectivity index (χ2n) is 4.46. The van der Waals surface area contributed by atoms with Crippen LogP contribution in [0, 0.1) is 5.82 Å². The molecule has 2 atom stereocenters. The standard InChI is InChI=1S/C14H19FO3/c1-3-9-14(18,13(16)17)11(4-2)10-7-5-6-8-12(10)15/h5-8,11,18H,3-4,9H2,1-2H3,(H,16,17). The molecule has 0 aliphatic rings. The molecule has 2 N–H and O–H groups in total. The lowest BCUT2D eigenvalue weighted by atomic mass is 9.77. The van der Waals surface area contributed by atoms with Crippen LogP contribution in [0.15, 0.2) is 24.3 Å². The number of carbonyl (C=O) groups is 1. The predicted molar refractivity (Wildman–Crippen MR) is 66.9 cm³/mol. The lowest BCUT2D eigenvalue weighted by Crippen LogP contribution is -2.44. The summed E-state index contributed by atoms with van der Waals surface area (Å²) in [6.07, 6.45) is 0.993. The number of carboxylic acid groups (broad SMARTS) is 1. The van der Waals surface area contributed by atoms with Gasteiger partial charge in [0.2, 0.25) is 0 Å². The summed E-state index contributed by atoms with van der Waals surface area (Å²) in [4.78, 5) is 11.3. The summed E-state index contributed by atoms with van der Waals surface area (Å²) in [6.45, 7) is 3.54. The third-order valence-electron chi connectivity index (χ3n) is 3.27. The van der Waals surface area contributed by atoms with Crippen molar-refractivity contribution in [3.63, 3.8) is 0 Å². The Hall–Kier alpha value is -1.42. The Morgan fingerprint density at radius 2 is 2.00 bits per heavy atom. The third-order valence-corrected chi connectivity index (χ3v) is 3.27. The molecule has 0 aromatic heterocycles. The van der Waals surface area contributed by atoms with Crippen LogP contribution in [-0.4, -0.2) is 21.8 Å². The van der Waals surface area contributed by atoms with Crippen molar-refractivity contribution in [2.45, 2.75) is 44.6 Å². The minimum atomic E-state index is -1.91. The number of hydrogen-bond donors (Lipinski definition) is 2. The Labute approximate surface area is 106 Å². The summed E-state index contributed by atoms with van der Waals surface area (Å²) >= 11 is 0. The van der Waals surface area contributed by atoms with Crippen molar-refractivity contribution in [1.82, 2.24) is 0 Å². The van der Waals surface area contributed by atoms with E-state index < -0.39 is 23.3 Å². The van der Waals surface area contributed by atoms with E-state index in [9.17, 15) is 19.4 Å². The van der Waals surface area contributed by atoms with Gasteiger partial charge in [-0.05, 0) is 24.5 Å². The number of benzene rings is 1. The van der Waals surface area contributed by atoms with Crippen molar-refractivity contribution in [2.75, 3.05) is 0 Å². The van der Waals surface area contributed by atoms with Crippen LogP contribution in [0.25, 0.3) is 0 Å². The largest absolute Gasteiger partial charge is 0.479 e. The first-order valence-electron chi connectivity index (χ1n) is 6.17. The van der Waals surface area contributed by atoms with Crippen LogP contribution in [0.1, 0.15) is 44.6 Å². The van der Waals surface area contributed by atoms with Gasteiger partial charge in [-0.2, -0.15) is 0 Å². The maximum absolute atomic E-state index is 13.8. The van der Waals surface area contributed by atoms with E-state index in [1.165, 1.54) is 12.1 Å². The van der Waals surface area contributed by atoms with E-state index in [2.05, 4.69) is 0 Å². The summed E-state index contributed by atoms with van der Waals surface area (Å²) in [5.74, 6) is -2.50. The van der Waals surface area contributed by atoms with Gasteiger partial charge in [0.15, 0.2) is 5.60 Å². The minimum absolute atomic E-state index is 0.106. The van der Waals surface area contributed by atoms with Gasteiger partial charge >= 0.3 is 5.97 Å². The molecule has 100 valence electrons. The van der Waals surface area contributed by atoms with Gasteiger partial charge in [-0.15, -0.1) is 0 Å². The Morgan fingerprint density at radius 1 is 1.39 bits per heavy atom. The zero-order valence-corrected chi connectivity index (χ0v) is 10.7. The summed E-state index contributed by atoms with van der Waals surface area (Å²) < 4.78 is 13.8. The van der Waals surface area contributed by atoms with E-state index in [0.29, 0.717) is 12.8 Å². The van der Waals surface area contributed by atoms with Crippen molar-refractivity contribution >= 4 is 5.97 Å². The molecule has 0 spiro atoms. The first-order valence-corrected chi connectivity index (χ1v) is 6.17. The molecule has 2 unspecified atom stereocenters. The van der Waals surface area contributed by atoms with E-state index in [0.717, 1.165) is 0 Å². The Kier molecular flexibility index (Phi) is 4.84. The molecule has 4 heteroatoms. The number of aliphatic carboxylic acids is 1. The Morgan fingerprint density at radius 3 is 2.44 bits per heavy atom. The normalized spacial score (nSPS) is 16.0. The van der Waals surface area contributed by atoms with Gasteiger partial charge in [0.25, 0.3) is 0 Å². The average molecular weight is 254 g/mol. The van der Waals surface area contributed by atoms with Crippen molar-refractivity contribution < 1.29 is 19.4 Å². The van der Waals surface area contributed by atoms with Gasteiger partial charge in [-0.3, -0.25) is 0 Å². The van der Waals surface area contributed by atoms with Crippen LogP contribution in [0.4, 0.5) is 4.39 Å². The fourth-order valence-corrected chi connectivity index (χ4v) is 2.38. The highest BCUT2D eigenvalue weighted by molar-refractivity contribution is 5.78. The summed E-state index contributed by atoms with van der Waals surface area (Å²) in [7, 11) is 0. The van der Waals surface area contributed by atoms with Gasteiger partial charge in [0.1, 0.15) is 5.82 Å². The predicted octanol–water partition coefficient (Wildman–Crippen LogP) is 2.94. The highest BCUT2D eigenvalue weighted by Crippen LogP contribution is 2.36. The van der Waals surface area contributed by atoms with Crippen LogP contribution in [0.3, 0.4) is 0 Å². The maximum Gasteiger partial charge on any atom is 0.336 e. The molecule has 0 saturated carbocycles. The topological polar surface area (TPSA) is 57.5 Å². The summed E-state index contributed by atoms with van der Waals surface area (Å²) in [5, 5.41) is 19.6. The summed E-state index contributed by atoms with van der Waals surface area (Å²) in [6, 6.07) is 6.01. The van der Waals surface area contributed by atoms with E-state index in [1.54, 1.807) is 26.0 Å². The molecule has 0 saturated heterocycles. The van der Waals surface area contributed by atoms with Crippen molar-refractivity contribution in [2.24, 2.45) is 0 Å². The van der Waals surface area contributed by atoms with E-state index >= 15 is 0 Å². The molecule has 1 rings (SSSR count). The second-order valence-corrected chi connectivity index (χ2v) is 4.46. The number of rotatable bonds is 6. The molecular weight excluding hydrogens is 235 g/mol. The van der Waals surface area contributed by atoms with Crippen LogP contribution in [0.2, 0.25) is 0 Å². The van der Waals surface area contributed by atoms with Crippen LogP contribution in [0.5, 0.6) is 0 Å². The first-order chi connectivity index (χ1) is 8.47. The lowest BCUT2D eigenvalue weighted by Gasteiger charge is -2.32. The van der Waals surface area contributed by atoms with Gasteiger partial charge in [0, 0.05) is 5.92 Å². The fourth-order valence-electron chi connectivity index (χ4n) is 2.38. The first kappa shape index (κ1) is 14.6. The molecule has 0 amide bonds. The van der Waals surface area contributed by atoms with E-state index in [1.807, 2.05) is 0 Å². The van der Waals surface area contributed by atoms with Crippen LogP contribution < -0.4 is 0 Å². The van der Waals surface area contributed by atoms with Gasteiger partial charge < -0.3 is 10.2 Å². The molecule has 1 aromatic rings. The molecule has 18 heavy (non-hydrogen) atoms. The fraction of sp³-hybridized carbons (Fsp3) is 0.500. The van der Waals surface area contributed by atoms with Crippen LogP contribution in [-0.2, 0) is 4.79 Å². The highest BCUT2D eigenvalue weighted by Gasteiger charge is 2.43. The minimum Gasteiger partial charge on any atom is -0.479 e. The van der Waals surface area contributed by atoms with E-state index in [4.69, 9.17) is 0 Å². The molecule has 1 aromatic carbocycles. The SMILES string of the molecule is CCCC(O)(C(=O)O)C(CC)c1ccccc1F. The smallest absolute Gasteiger partial charge is 0.336 e.